The van der Waals surface area contributed by atoms with Crippen molar-refractivity contribution >= 4 is 5.84 Å². The van der Waals surface area contributed by atoms with Gasteiger partial charge in [-0.15, -0.1) is 0 Å². The van der Waals surface area contributed by atoms with Crippen molar-refractivity contribution in [3.8, 4) is 11.6 Å². The number of nitrogens with zero attached hydrogens (tertiary/aromatic N) is 1. The number of halogens is 1. The third-order valence-electron chi connectivity index (χ3n) is 2.65. The van der Waals surface area contributed by atoms with Crippen LogP contribution < -0.4 is 10.5 Å². The third-order valence-corrected chi connectivity index (χ3v) is 2.65. The number of nitrogen functional groups attached to an aromatic ring is 1. The zero-order chi connectivity index (χ0) is 14.0. The van der Waals surface area contributed by atoms with E-state index in [2.05, 4.69) is 4.98 Å². The highest BCUT2D eigenvalue weighted by molar-refractivity contribution is 5.97. The normalized spacial score (nSPS) is 10.3. The molecule has 0 aliphatic carbocycles. The average molecular weight is 259 g/mol. The van der Waals surface area contributed by atoms with Crippen LogP contribution in [0.5, 0.6) is 11.6 Å². The summed E-state index contributed by atoms with van der Waals surface area (Å²) in [6.45, 7) is 3.43. The van der Waals surface area contributed by atoms with Gasteiger partial charge in [0, 0.05) is 5.69 Å². The van der Waals surface area contributed by atoms with E-state index in [0.29, 0.717) is 16.8 Å². The van der Waals surface area contributed by atoms with Crippen LogP contribution in [-0.4, -0.2) is 10.8 Å². The van der Waals surface area contributed by atoms with Gasteiger partial charge in [-0.05, 0) is 37.6 Å². The van der Waals surface area contributed by atoms with E-state index < -0.39 is 5.82 Å². The van der Waals surface area contributed by atoms with Crippen molar-refractivity contribution in [1.29, 1.82) is 5.41 Å². The predicted molar refractivity (Wildman–Crippen MR) is 71.2 cm³/mol. The topological polar surface area (TPSA) is 72.0 Å². The fourth-order valence-corrected chi connectivity index (χ4v) is 1.62. The van der Waals surface area contributed by atoms with E-state index in [9.17, 15) is 4.39 Å². The summed E-state index contributed by atoms with van der Waals surface area (Å²) in [5, 5.41) is 7.47. The molecule has 0 saturated heterocycles. The van der Waals surface area contributed by atoms with Gasteiger partial charge in [-0.2, -0.15) is 0 Å². The number of rotatable bonds is 3. The van der Waals surface area contributed by atoms with Gasteiger partial charge < -0.3 is 10.5 Å². The number of ether oxygens (including phenoxy) is 1. The van der Waals surface area contributed by atoms with Crippen LogP contribution in [0.4, 0.5) is 4.39 Å². The van der Waals surface area contributed by atoms with Gasteiger partial charge in [0.1, 0.15) is 5.84 Å². The molecular weight excluding hydrogens is 245 g/mol. The van der Waals surface area contributed by atoms with Crippen molar-refractivity contribution in [2.24, 2.45) is 5.73 Å². The van der Waals surface area contributed by atoms with Gasteiger partial charge in [-0.1, -0.05) is 12.1 Å². The minimum Gasteiger partial charge on any atom is -0.435 e. The monoisotopic (exact) mass is 259 g/mol. The molecule has 0 spiro atoms. The zero-order valence-electron chi connectivity index (χ0n) is 10.7. The van der Waals surface area contributed by atoms with Gasteiger partial charge in [0.15, 0.2) is 11.6 Å². The van der Waals surface area contributed by atoms with Crippen LogP contribution in [0.2, 0.25) is 0 Å². The Morgan fingerprint density at radius 1 is 1.26 bits per heavy atom. The standard InChI is InChI=1S/C14H14FN3O/c1-8-4-3-5-11(12(8)15)19-14-10(13(16)17)7-6-9(2)18-14/h3-7H,1-2H3,(H3,16,17). The van der Waals surface area contributed by atoms with Gasteiger partial charge in [-0.3, -0.25) is 5.41 Å². The van der Waals surface area contributed by atoms with Gasteiger partial charge in [0.25, 0.3) is 0 Å². The van der Waals surface area contributed by atoms with Crippen molar-refractivity contribution < 1.29 is 9.13 Å². The average Bonchev–Trinajstić information content (AvgIpc) is 2.35. The van der Waals surface area contributed by atoms with Crippen LogP contribution in [0, 0.1) is 25.1 Å². The summed E-state index contributed by atoms with van der Waals surface area (Å²) in [6, 6.07) is 8.20. The highest BCUT2D eigenvalue weighted by atomic mass is 19.1. The fourth-order valence-electron chi connectivity index (χ4n) is 1.62. The third kappa shape index (κ3) is 2.70. The van der Waals surface area contributed by atoms with E-state index >= 15 is 0 Å². The first-order valence-electron chi connectivity index (χ1n) is 5.74. The fraction of sp³-hybridized carbons (Fsp3) is 0.143. The van der Waals surface area contributed by atoms with Crippen LogP contribution in [0.25, 0.3) is 0 Å². The van der Waals surface area contributed by atoms with E-state index in [1.54, 1.807) is 38.1 Å². The Morgan fingerprint density at radius 2 is 2.00 bits per heavy atom. The maximum Gasteiger partial charge on any atom is 0.230 e. The molecule has 98 valence electrons. The highest BCUT2D eigenvalue weighted by Gasteiger charge is 2.13. The SMILES string of the molecule is Cc1ccc(C(=N)N)c(Oc2cccc(C)c2F)n1. The minimum absolute atomic E-state index is 0.0700. The zero-order valence-corrected chi connectivity index (χ0v) is 10.7. The molecule has 1 heterocycles. The number of nitrogens with one attached hydrogen (secondary N) is 1. The predicted octanol–water partition coefficient (Wildman–Crippen LogP) is 2.91. The van der Waals surface area contributed by atoms with Crippen molar-refractivity contribution in [3.05, 3.63) is 53.0 Å². The molecule has 0 fully saturated rings. The van der Waals surface area contributed by atoms with Gasteiger partial charge in [0.2, 0.25) is 5.88 Å². The maximum atomic E-state index is 13.9. The molecule has 4 nitrogen and oxygen atoms in total. The van der Waals surface area contributed by atoms with Gasteiger partial charge >= 0.3 is 0 Å². The van der Waals surface area contributed by atoms with Crippen LogP contribution in [0.3, 0.4) is 0 Å². The van der Waals surface area contributed by atoms with Crippen molar-refractivity contribution in [2.45, 2.75) is 13.8 Å². The second-order valence-corrected chi connectivity index (χ2v) is 4.21. The van der Waals surface area contributed by atoms with Crippen LogP contribution >= 0.6 is 0 Å². The number of aromatic nitrogens is 1. The lowest BCUT2D eigenvalue weighted by molar-refractivity contribution is 0.424. The Bertz CT molecular complexity index is 641. The number of aryl methyl sites for hydroxylation is 2. The lowest BCUT2D eigenvalue weighted by atomic mass is 10.2. The van der Waals surface area contributed by atoms with Crippen molar-refractivity contribution in [3.63, 3.8) is 0 Å². The molecule has 0 atom stereocenters. The number of nitrogens with two attached hydrogens (primary N) is 1. The Hall–Kier alpha value is -2.43. The lowest BCUT2D eigenvalue weighted by Gasteiger charge is -2.11. The minimum atomic E-state index is -0.444. The Balaban J connectivity index is 2.45. The van der Waals surface area contributed by atoms with E-state index in [1.807, 2.05) is 0 Å². The quantitative estimate of drug-likeness (QED) is 0.657. The molecule has 5 heteroatoms. The molecule has 19 heavy (non-hydrogen) atoms. The summed E-state index contributed by atoms with van der Waals surface area (Å²) in [6.07, 6.45) is 0. The van der Waals surface area contributed by atoms with E-state index in [-0.39, 0.29) is 17.5 Å². The molecule has 0 radical (unpaired) electrons. The molecule has 0 aliphatic heterocycles. The lowest BCUT2D eigenvalue weighted by Crippen LogP contribution is -2.13. The largest absolute Gasteiger partial charge is 0.435 e. The summed E-state index contributed by atoms with van der Waals surface area (Å²) in [5.41, 5.74) is 6.98. The first kappa shape index (κ1) is 13.0. The van der Waals surface area contributed by atoms with Gasteiger partial charge in [-0.25, -0.2) is 9.37 Å². The molecule has 0 unspecified atom stereocenters. The Labute approximate surface area is 110 Å². The maximum absolute atomic E-state index is 13.9. The molecule has 2 aromatic rings. The molecule has 0 aliphatic rings. The van der Waals surface area contributed by atoms with Crippen LogP contribution in [0.1, 0.15) is 16.8 Å². The Kier molecular flexibility index (Phi) is 3.46. The molecule has 0 saturated carbocycles. The summed E-state index contributed by atoms with van der Waals surface area (Å²) >= 11 is 0. The number of hydrogen-bond acceptors (Lipinski definition) is 3. The second-order valence-electron chi connectivity index (χ2n) is 4.21. The number of benzene rings is 1. The smallest absolute Gasteiger partial charge is 0.230 e. The molecular formula is C14H14FN3O. The molecule has 1 aromatic heterocycles. The first-order valence-corrected chi connectivity index (χ1v) is 5.74. The van der Waals surface area contributed by atoms with Gasteiger partial charge in [0.05, 0.1) is 5.56 Å². The molecule has 0 bridgehead atoms. The Morgan fingerprint density at radius 3 is 2.68 bits per heavy atom. The van der Waals surface area contributed by atoms with E-state index in [0.717, 1.165) is 0 Å². The summed E-state index contributed by atoms with van der Waals surface area (Å²) in [5.74, 6) is -0.409. The van der Waals surface area contributed by atoms with Crippen molar-refractivity contribution in [2.75, 3.05) is 0 Å². The van der Waals surface area contributed by atoms with E-state index in [4.69, 9.17) is 15.9 Å². The number of amidine groups is 1. The first-order chi connectivity index (χ1) is 8.99. The van der Waals surface area contributed by atoms with E-state index in [1.165, 1.54) is 6.07 Å². The molecule has 0 amide bonds. The summed E-state index contributed by atoms with van der Waals surface area (Å²) < 4.78 is 19.3. The van der Waals surface area contributed by atoms with Crippen molar-refractivity contribution in [1.82, 2.24) is 4.98 Å². The highest BCUT2D eigenvalue weighted by Crippen LogP contribution is 2.27. The number of pyridine rings is 1. The van der Waals surface area contributed by atoms with Crippen LogP contribution in [0.15, 0.2) is 30.3 Å². The molecule has 1 aromatic carbocycles. The summed E-state index contributed by atoms with van der Waals surface area (Å²) in [4.78, 5) is 4.15. The number of hydrogen-bond donors (Lipinski definition) is 2. The van der Waals surface area contributed by atoms with Crippen LogP contribution in [-0.2, 0) is 0 Å². The summed E-state index contributed by atoms with van der Waals surface area (Å²) in [7, 11) is 0. The molecule has 2 rings (SSSR count). The second kappa shape index (κ2) is 5.06. The molecule has 3 N–H and O–H groups in total.